The van der Waals surface area contributed by atoms with Crippen LogP contribution in [-0.4, -0.2) is 35.4 Å². The maximum Gasteiger partial charge on any atom is 0.340 e. The van der Waals surface area contributed by atoms with Gasteiger partial charge in [-0.15, -0.1) is 0 Å². The molecule has 0 aliphatic heterocycles. The number of esters is 2. The van der Waals surface area contributed by atoms with E-state index >= 15 is 0 Å². The highest BCUT2D eigenvalue weighted by molar-refractivity contribution is 6.04. The largest absolute Gasteiger partial charge is 0.462 e. The molecular weight excluding hydrogens is 466 g/mol. The topological polar surface area (TPSA) is 85.5 Å². The number of rotatable bonds is 7. The van der Waals surface area contributed by atoms with Crippen LogP contribution in [0.4, 0.5) is 0 Å². The van der Waals surface area contributed by atoms with E-state index in [0.29, 0.717) is 34.4 Å². The van der Waals surface area contributed by atoms with Crippen molar-refractivity contribution in [3.63, 3.8) is 0 Å². The first-order chi connectivity index (χ1) is 17.5. The SMILES string of the molecule is CCOC(=O)c1c(C)[nH]c(C(=O)[C@H](C)OC(=O)C23C[C@@H]4C[C@@H](C2)CC(c2ccc(C)c(C)c2)(C4)C3)c1C. The van der Waals surface area contributed by atoms with Crippen LogP contribution in [-0.2, 0) is 19.7 Å². The summed E-state index contributed by atoms with van der Waals surface area (Å²) < 4.78 is 11.1. The third-order valence-electron chi connectivity index (χ3n) is 9.43. The van der Waals surface area contributed by atoms with Crippen LogP contribution in [0.3, 0.4) is 0 Å². The molecule has 4 aliphatic carbocycles. The number of aromatic amines is 1. The minimum atomic E-state index is -0.940. The van der Waals surface area contributed by atoms with Crippen LogP contribution < -0.4 is 0 Å². The van der Waals surface area contributed by atoms with E-state index in [0.717, 1.165) is 32.1 Å². The molecular formula is C31H39NO5. The van der Waals surface area contributed by atoms with Crippen LogP contribution in [0, 0.1) is 44.9 Å². The standard InChI is InChI=1S/C31H39NO5/c1-7-36-28(34)25-19(4)26(32-20(25)5)27(33)21(6)37-29(35)31-14-22-11-23(15-31)13-30(12-22,16-31)24-9-8-17(2)18(3)10-24/h8-10,21-23,32H,7,11-16H2,1-6H3/t21-,22+,23+,30?,31?/m0/s1. The molecule has 3 atom stereocenters. The molecule has 6 rings (SSSR count). The summed E-state index contributed by atoms with van der Waals surface area (Å²) in [5.74, 6) is 0.0201. The molecule has 1 aromatic carbocycles. The van der Waals surface area contributed by atoms with Gasteiger partial charge in [-0.05, 0) is 120 Å². The van der Waals surface area contributed by atoms with Gasteiger partial charge in [0.1, 0.15) is 0 Å². The van der Waals surface area contributed by atoms with Gasteiger partial charge in [0.05, 0.1) is 23.3 Å². The molecule has 0 radical (unpaired) electrons. The number of ketones is 1. The van der Waals surface area contributed by atoms with Crippen molar-refractivity contribution in [2.75, 3.05) is 6.61 Å². The van der Waals surface area contributed by atoms with Crippen LogP contribution in [0.1, 0.15) is 101 Å². The van der Waals surface area contributed by atoms with Gasteiger partial charge in [0.15, 0.2) is 6.10 Å². The molecule has 4 fully saturated rings. The predicted octanol–water partition coefficient (Wildman–Crippen LogP) is 6.08. The molecule has 1 heterocycles. The maximum absolute atomic E-state index is 13.8. The van der Waals surface area contributed by atoms with Gasteiger partial charge in [0, 0.05) is 5.69 Å². The van der Waals surface area contributed by atoms with Gasteiger partial charge in [0.2, 0.25) is 5.78 Å². The number of carbonyl (C=O) groups excluding carboxylic acids is 3. The van der Waals surface area contributed by atoms with Crippen LogP contribution >= 0.6 is 0 Å². The summed E-state index contributed by atoms with van der Waals surface area (Å²) in [6, 6.07) is 6.80. The van der Waals surface area contributed by atoms with Crippen LogP contribution in [0.15, 0.2) is 18.2 Å². The van der Waals surface area contributed by atoms with E-state index in [-0.39, 0.29) is 23.8 Å². The summed E-state index contributed by atoms with van der Waals surface area (Å²) in [6.07, 6.45) is 5.01. The van der Waals surface area contributed by atoms with Gasteiger partial charge in [-0.3, -0.25) is 9.59 Å². The Hall–Kier alpha value is -2.89. The van der Waals surface area contributed by atoms with Gasteiger partial charge < -0.3 is 14.5 Å². The Kier molecular flexibility index (Phi) is 6.36. The average Bonchev–Trinajstić information content (AvgIpc) is 3.13. The predicted molar refractivity (Wildman–Crippen MR) is 141 cm³/mol. The normalized spacial score (nSPS) is 28.7. The monoisotopic (exact) mass is 505 g/mol. The van der Waals surface area contributed by atoms with Gasteiger partial charge in [-0.2, -0.15) is 0 Å². The average molecular weight is 506 g/mol. The van der Waals surface area contributed by atoms with Crippen LogP contribution in [0.5, 0.6) is 0 Å². The number of nitrogens with one attached hydrogen (secondary N) is 1. The molecule has 4 aliphatic rings. The number of aromatic nitrogens is 1. The fourth-order valence-electron chi connectivity index (χ4n) is 7.96. The van der Waals surface area contributed by atoms with E-state index in [9.17, 15) is 14.4 Å². The van der Waals surface area contributed by atoms with E-state index in [4.69, 9.17) is 9.47 Å². The van der Waals surface area contributed by atoms with Crippen molar-refractivity contribution in [2.45, 2.75) is 91.6 Å². The Morgan fingerprint density at radius 1 is 1.03 bits per heavy atom. The lowest BCUT2D eigenvalue weighted by Crippen LogP contribution is -2.57. The minimum Gasteiger partial charge on any atom is -0.462 e. The highest BCUT2D eigenvalue weighted by atomic mass is 16.5. The molecule has 1 aromatic heterocycles. The van der Waals surface area contributed by atoms with Crippen LogP contribution in [0.25, 0.3) is 0 Å². The third kappa shape index (κ3) is 4.22. The smallest absolute Gasteiger partial charge is 0.340 e. The maximum atomic E-state index is 13.8. The molecule has 2 aromatic rings. The van der Waals surface area contributed by atoms with Gasteiger partial charge in [-0.25, -0.2) is 4.79 Å². The van der Waals surface area contributed by atoms with E-state index in [1.165, 1.54) is 23.1 Å². The van der Waals surface area contributed by atoms with Crippen molar-refractivity contribution in [3.05, 3.63) is 57.4 Å². The number of benzene rings is 1. The lowest BCUT2D eigenvalue weighted by Gasteiger charge is -2.61. The molecule has 0 amide bonds. The summed E-state index contributed by atoms with van der Waals surface area (Å²) >= 11 is 0. The zero-order valence-corrected chi connectivity index (χ0v) is 23.0. The summed E-state index contributed by atoms with van der Waals surface area (Å²) in [6.45, 7) is 11.4. The van der Waals surface area contributed by atoms with Crippen LogP contribution in [0.2, 0.25) is 0 Å². The number of carbonyl (C=O) groups is 3. The summed E-state index contributed by atoms with van der Waals surface area (Å²) in [4.78, 5) is 42.6. The highest BCUT2D eigenvalue weighted by Gasteiger charge is 2.62. The molecule has 6 nitrogen and oxygen atoms in total. The van der Waals surface area contributed by atoms with Gasteiger partial charge in [0.25, 0.3) is 0 Å². The number of H-pyrrole nitrogens is 1. The number of hydrogen-bond acceptors (Lipinski definition) is 5. The van der Waals surface area contributed by atoms with Gasteiger partial charge >= 0.3 is 11.9 Å². The summed E-state index contributed by atoms with van der Waals surface area (Å²) in [5, 5.41) is 0. The van der Waals surface area contributed by atoms with Crippen molar-refractivity contribution < 1.29 is 23.9 Å². The Morgan fingerprint density at radius 3 is 2.32 bits per heavy atom. The first-order valence-corrected chi connectivity index (χ1v) is 13.7. The molecule has 0 spiro atoms. The Morgan fingerprint density at radius 2 is 1.70 bits per heavy atom. The second-order valence-corrected chi connectivity index (χ2v) is 12.1. The fourth-order valence-corrected chi connectivity index (χ4v) is 7.96. The lowest BCUT2D eigenvalue weighted by atomic mass is 9.43. The molecule has 4 bridgehead atoms. The van der Waals surface area contributed by atoms with E-state index < -0.39 is 17.5 Å². The molecule has 6 heteroatoms. The van der Waals surface area contributed by atoms with Crippen molar-refractivity contribution in [3.8, 4) is 0 Å². The third-order valence-corrected chi connectivity index (χ3v) is 9.43. The zero-order valence-electron chi connectivity index (χ0n) is 23.0. The molecule has 198 valence electrons. The number of hydrogen-bond donors (Lipinski definition) is 1. The Bertz CT molecular complexity index is 1260. The van der Waals surface area contributed by atoms with E-state index in [1.807, 2.05) is 0 Å². The first-order valence-electron chi connectivity index (χ1n) is 13.7. The molecule has 0 saturated heterocycles. The Balaban J connectivity index is 1.37. The zero-order chi connectivity index (χ0) is 26.7. The summed E-state index contributed by atoms with van der Waals surface area (Å²) in [7, 11) is 0. The molecule has 4 saturated carbocycles. The lowest BCUT2D eigenvalue weighted by molar-refractivity contribution is -0.176. The fraction of sp³-hybridized carbons (Fsp3) is 0.581. The van der Waals surface area contributed by atoms with Crippen molar-refractivity contribution in [1.29, 1.82) is 0 Å². The minimum absolute atomic E-state index is 0.0104. The number of Topliss-reactive ketones (excluding diaryl/α,β-unsaturated/α-hetero) is 1. The summed E-state index contributed by atoms with van der Waals surface area (Å²) in [5.41, 5.74) is 5.21. The van der Waals surface area contributed by atoms with Gasteiger partial charge in [-0.1, -0.05) is 18.2 Å². The molecule has 1 N–H and O–H groups in total. The highest BCUT2D eigenvalue weighted by Crippen LogP contribution is 2.66. The second-order valence-electron chi connectivity index (χ2n) is 12.1. The van der Waals surface area contributed by atoms with Crippen molar-refractivity contribution in [2.24, 2.45) is 17.3 Å². The molecule has 37 heavy (non-hydrogen) atoms. The number of aryl methyl sites for hydroxylation is 3. The van der Waals surface area contributed by atoms with E-state index in [2.05, 4.69) is 37.0 Å². The van der Waals surface area contributed by atoms with E-state index in [1.54, 1.807) is 27.7 Å². The second kappa shape index (κ2) is 9.14. The number of ether oxygens (including phenoxy) is 2. The van der Waals surface area contributed by atoms with Crippen molar-refractivity contribution >= 4 is 17.7 Å². The van der Waals surface area contributed by atoms with Crippen molar-refractivity contribution in [1.82, 2.24) is 4.98 Å². The quantitative estimate of drug-likeness (QED) is 0.364. The first kappa shape index (κ1) is 25.7. The molecule has 0 unspecified atom stereocenters. The Labute approximate surface area is 219 Å².